The summed E-state index contributed by atoms with van der Waals surface area (Å²) in [5.74, 6) is -0.195. The second kappa shape index (κ2) is 7.33. The molecule has 8 nitrogen and oxygen atoms in total. The Labute approximate surface area is 187 Å². The Morgan fingerprint density at radius 2 is 2.03 bits per heavy atom. The first kappa shape index (κ1) is 21.0. The Morgan fingerprint density at radius 3 is 2.72 bits per heavy atom. The monoisotopic (exact) mass is 440 g/mol. The van der Waals surface area contributed by atoms with E-state index >= 15 is 0 Å². The third-order valence-corrected chi connectivity index (χ3v) is 7.90. The number of ether oxygens (including phenoxy) is 3. The fourth-order valence-electron chi connectivity index (χ4n) is 6.36. The standard InChI is InChI=1S/C24H28N2O6/c1-13-17-11-25-8-7-24(21(25)10-16(17)18(12-32-13)22(28)31-4)19-6-5-15(30-3)9-20(19)26(14(2)27)23(24)29/h5-6,9,12-13,16-17,21H,7-8,10-11H2,1-4H3/t13-,16-,17-,21-,24-/m0/s1. The van der Waals surface area contributed by atoms with Gasteiger partial charge in [-0.1, -0.05) is 6.07 Å². The molecule has 5 rings (SSSR count). The maximum Gasteiger partial charge on any atom is 0.337 e. The highest BCUT2D eigenvalue weighted by Gasteiger charge is 2.63. The maximum atomic E-state index is 13.9. The number of carbonyl (C=O) groups is 3. The highest BCUT2D eigenvalue weighted by Crippen LogP contribution is 2.56. The van der Waals surface area contributed by atoms with Crippen molar-refractivity contribution in [1.29, 1.82) is 0 Å². The fourth-order valence-corrected chi connectivity index (χ4v) is 6.36. The zero-order chi connectivity index (χ0) is 22.8. The van der Waals surface area contributed by atoms with Crippen LogP contribution >= 0.6 is 0 Å². The minimum atomic E-state index is -0.818. The van der Waals surface area contributed by atoms with Gasteiger partial charge in [0.2, 0.25) is 11.8 Å². The fraction of sp³-hybridized carbons (Fsp3) is 0.542. The Hall–Kier alpha value is -2.87. The van der Waals surface area contributed by atoms with Crippen LogP contribution in [-0.4, -0.2) is 62.1 Å². The van der Waals surface area contributed by atoms with E-state index in [0.717, 1.165) is 18.7 Å². The summed E-state index contributed by atoms with van der Waals surface area (Å²) in [4.78, 5) is 42.6. The molecule has 4 aliphatic heterocycles. The molecule has 0 saturated carbocycles. The van der Waals surface area contributed by atoms with Crippen LogP contribution < -0.4 is 9.64 Å². The third-order valence-electron chi connectivity index (χ3n) is 7.90. The van der Waals surface area contributed by atoms with Gasteiger partial charge in [-0.3, -0.25) is 14.5 Å². The number of hydrogen-bond acceptors (Lipinski definition) is 7. The van der Waals surface area contributed by atoms with E-state index in [1.807, 2.05) is 19.1 Å². The van der Waals surface area contributed by atoms with Gasteiger partial charge >= 0.3 is 5.97 Å². The summed E-state index contributed by atoms with van der Waals surface area (Å²) in [6.45, 7) is 4.92. The van der Waals surface area contributed by atoms with Crippen LogP contribution in [0.15, 0.2) is 30.0 Å². The molecule has 1 aromatic carbocycles. The van der Waals surface area contributed by atoms with Gasteiger partial charge in [0.25, 0.3) is 0 Å². The lowest BCUT2D eigenvalue weighted by atomic mass is 9.66. The number of nitrogens with zero attached hydrogens (tertiary/aromatic N) is 2. The van der Waals surface area contributed by atoms with E-state index in [2.05, 4.69) is 4.90 Å². The summed E-state index contributed by atoms with van der Waals surface area (Å²) < 4.78 is 16.2. The number of piperidine rings is 1. The van der Waals surface area contributed by atoms with E-state index in [4.69, 9.17) is 14.2 Å². The van der Waals surface area contributed by atoms with Gasteiger partial charge in [-0.25, -0.2) is 9.69 Å². The van der Waals surface area contributed by atoms with Crippen LogP contribution in [0, 0.1) is 11.8 Å². The van der Waals surface area contributed by atoms with E-state index in [1.54, 1.807) is 13.2 Å². The first-order chi connectivity index (χ1) is 15.3. The first-order valence-corrected chi connectivity index (χ1v) is 11.0. The van der Waals surface area contributed by atoms with Gasteiger partial charge in [0, 0.05) is 37.4 Å². The Balaban J connectivity index is 1.60. The quantitative estimate of drug-likeness (QED) is 0.651. The normalized spacial score (nSPS) is 33.2. The molecule has 170 valence electrons. The van der Waals surface area contributed by atoms with Gasteiger partial charge in [-0.2, -0.15) is 0 Å². The third kappa shape index (κ3) is 2.68. The molecule has 2 fully saturated rings. The van der Waals surface area contributed by atoms with Crippen molar-refractivity contribution >= 4 is 23.5 Å². The van der Waals surface area contributed by atoms with Crippen molar-refractivity contribution < 1.29 is 28.6 Å². The molecule has 5 atom stereocenters. The van der Waals surface area contributed by atoms with Gasteiger partial charge < -0.3 is 14.2 Å². The molecule has 1 aromatic rings. The number of esters is 1. The minimum absolute atomic E-state index is 0.0320. The van der Waals surface area contributed by atoms with E-state index < -0.39 is 5.41 Å². The van der Waals surface area contributed by atoms with Crippen LogP contribution in [0.25, 0.3) is 0 Å². The molecule has 0 aromatic heterocycles. The van der Waals surface area contributed by atoms with Crippen LogP contribution in [0.4, 0.5) is 5.69 Å². The number of carbonyl (C=O) groups excluding carboxylic acids is 3. The van der Waals surface area contributed by atoms with Crippen LogP contribution in [0.5, 0.6) is 5.75 Å². The number of imide groups is 1. The van der Waals surface area contributed by atoms with Crippen molar-refractivity contribution in [1.82, 2.24) is 4.90 Å². The van der Waals surface area contributed by atoms with E-state index in [1.165, 1.54) is 25.2 Å². The molecule has 8 heteroatoms. The zero-order valence-corrected chi connectivity index (χ0v) is 18.8. The smallest absolute Gasteiger partial charge is 0.337 e. The number of hydrogen-bond donors (Lipinski definition) is 0. The lowest BCUT2D eigenvalue weighted by Crippen LogP contribution is -2.57. The molecule has 2 saturated heterocycles. The van der Waals surface area contributed by atoms with Crippen molar-refractivity contribution in [2.24, 2.45) is 11.8 Å². The predicted molar refractivity (Wildman–Crippen MR) is 115 cm³/mol. The van der Waals surface area contributed by atoms with Crippen molar-refractivity contribution in [3.05, 3.63) is 35.6 Å². The molecular formula is C24H28N2O6. The molecule has 0 aliphatic carbocycles. The predicted octanol–water partition coefficient (Wildman–Crippen LogP) is 2.01. The largest absolute Gasteiger partial charge is 0.497 e. The van der Waals surface area contributed by atoms with Crippen LogP contribution in [-0.2, 0) is 29.3 Å². The average molecular weight is 440 g/mol. The first-order valence-electron chi connectivity index (χ1n) is 11.0. The van der Waals surface area contributed by atoms with Crippen molar-refractivity contribution in [2.75, 3.05) is 32.2 Å². The number of fused-ring (bicyclic) bond motifs is 5. The number of amides is 2. The summed E-state index contributed by atoms with van der Waals surface area (Å²) in [7, 11) is 2.94. The molecule has 4 heterocycles. The Morgan fingerprint density at radius 1 is 1.25 bits per heavy atom. The van der Waals surface area contributed by atoms with Crippen LogP contribution in [0.2, 0.25) is 0 Å². The number of rotatable bonds is 2. The highest BCUT2D eigenvalue weighted by atomic mass is 16.5. The molecule has 2 amide bonds. The van der Waals surface area contributed by atoms with Crippen LogP contribution in [0.1, 0.15) is 32.3 Å². The molecule has 0 radical (unpaired) electrons. The highest BCUT2D eigenvalue weighted by molar-refractivity contribution is 6.23. The molecular weight excluding hydrogens is 412 g/mol. The summed E-state index contributed by atoms with van der Waals surface area (Å²) in [5.41, 5.74) is 1.19. The molecule has 1 spiro atoms. The van der Waals surface area contributed by atoms with E-state index in [9.17, 15) is 14.4 Å². The lowest BCUT2D eigenvalue weighted by molar-refractivity contribution is -0.139. The van der Waals surface area contributed by atoms with Crippen molar-refractivity contribution in [3.8, 4) is 5.75 Å². The summed E-state index contributed by atoms with van der Waals surface area (Å²) in [6, 6.07) is 5.43. The topological polar surface area (TPSA) is 85.4 Å². The zero-order valence-electron chi connectivity index (χ0n) is 18.8. The number of methoxy groups -OCH3 is 2. The molecule has 0 bridgehead atoms. The van der Waals surface area contributed by atoms with Crippen molar-refractivity contribution in [3.63, 3.8) is 0 Å². The van der Waals surface area contributed by atoms with Gasteiger partial charge in [-0.05, 0) is 37.9 Å². The SMILES string of the molecule is COC(=O)C1=CO[C@@H](C)[C@@H]2CN3CC[C@@]4(C(=O)N(C(C)=O)c5cc(OC)ccc54)[C@@H]3C[C@H]12. The molecule has 0 unspecified atom stereocenters. The van der Waals surface area contributed by atoms with Crippen LogP contribution in [0.3, 0.4) is 0 Å². The second-order valence-electron chi connectivity index (χ2n) is 9.19. The number of benzene rings is 1. The summed E-state index contributed by atoms with van der Waals surface area (Å²) in [5, 5.41) is 0. The van der Waals surface area contributed by atoms with Crippen molar-refractivity contribution in [2.45, 2.75) is 44.2 Å². The second-order valence-corrected chi connectivity index (χ2v) is 9.19. The van der Waals surface area contributed by atoms with Gasteiger partial charge in [-0.15, -0.1) is 0 Å². The van der Waals surface area contributed by atoms with E-state index in [-0.39, 0.29) is 41.8 Å². The molecule has 0 N–H and O–H groups in total. The molecule has 4 aliphatic rings. The van der Waals surface area contributed by atoms with E-state index in [0.29, 0.717) is 29.9 Å². The lowest BCUT2D eigenvalue weighted by Gasteiger charge is -2.48. The maximum absolute atomic E-state index is 13.9. The van der Waals surface area contributed by atoms with Gasteiger partial charge in [0.1, 0.15) is 5.75 Å². The summed E-state index contributed by atoms with van der Waals surface area (Å²) >= 11 is 0. The van der Waals surface area contributed by atoms with Gasteiger partial charge in [0.15, 0.2) is 0 Å². The number of anilines is 1. The summed E-state index contributed by atoms with van der Waals surface area (Å²) in [6.07, 6.45) is 2.76. The molecule has 32 heavy (non-hydrogen) atoms. The Kier molecular flexibility index (Phi) is 4.81. The minimum Gasteiger partial charge on any atom is -0.497 e. The Bertz CT molecular complexity index is 1040. The average Bonchev–Trinajstić information content (AvgIpc) is 3.28. The van der Waals surface area contributed by atoms with Gasteiger partial charge in [0.05, 0.1) is 43.3 Å².